The van der Waals surface area contributed by atoms with Crippen molar-refractivity contribution in [3.05, 3.63) is 66.0 Å². The average molecular weight is 253 g/mol. The molecule has 0 aliphatic heterocycles. The van der Waals surface area contributed by atoms with E-state index in [0.29, 0.717) is 5.56 Å². The Kier molecular flexibility index (Phi) is 4.39. The van der Waals surface area contributed by atoms with Gasteiger partial charge in [0.05, 0.1) is 5.71 Å². The largest absolute Gasteiger partial charge is 0.271 e. The van der Waals surface area contributed by atoms with Gasteiger partial charge in [0.25, 0.3) is 5.91 Å². The third-order valence-corrected chi connectivity index (χ3v) is 2.68. The Labute approximate surface area is 112 Å². The Bertz CT molecular complexity index is 564. The lowest BCUT2D eigenvalue weighted by atomic mass is 10.1. The number of carbonyl (C=O) groups is 1. The lowest BCUT2D eigenvalue weighted by Crippen LogP contribution is -2.19. The number of amides is 1. The van der Waals surface area contributed by atoms with E-state index in [0.717, 1.165) is 17.7 Å². The highest BCUT2D eigenvalue weighted by atomic mass is 16.2. The van der Waals surface area contributed by atoms with Gasteiger partial charge < -0.3 is 0 Å². The molecule has 0 aliphatic rings. The van der Waals surface area contributed by atoms with Gasteiger partial charge in [0.2, 0.25) is 0 Å². The first kappa shape index (κ1) is 13.0. The van der Waals surface area contributed by atoms with Gasteiger partial charge in [0.15, 0.2) is 0 Å². The van der Waals surface area contributed by atoms with Crippen molar-refractivity contribution in [1.29, 1.82) is 0 Å². The summed E-state index contributed by atoms with van der Waals surface area (Å²) in [7, 11) is 0. The molecule has 0 bridgehead atoms. The summed E-state index contributed by atoms with van der Waals surface area (Å²) >= 11 is 0. The molecule has 1 amide bonds. The number of pyridine rings is 1. The first-order valence-corrected chi connectivity index (χ1v) is 6.13. The average Bonchev–Trinajstić information content (AvgIpc) is 2.49. The molecule has 2 rings (SSSR count). The molecule has 19 heavy (non-hydrogen) atoms. The van der Waals surface area contributed by atoms with Gasteiger partial charge in [-0.1, -0.05) is 37.3 Å². The summed E-state index contributed by atoms with van der Waals surface area (Å²) in [5.74, 6) is -0.232. The zero-order valence-corrected chi connectivity index (χ0v) is 10.7. The van der Waals surface area contributed by atoms with Gasteiger partial charge in [-0.2, -0.15) is 5.10 Å². The molecule has 1 aromatic carbocycles. The minimum atomic E-state index is -0.232. The number of aromatic nitrogens is 1. The number of nitrogens with one attached hydrogen (secondary N) is 1. The van der Waals surface area contributed by atoms with E-state index >= 15 is 0 Å². The molecule has 0 radical (unpaired) electrons. The second-order valence-electron chi connectivity index (χ2n) is 3.95. The number of hydrogen-bond donors (Lipinski definition) is 1. The fourth-order valence-electron chi connectivity index (χ4n) is 1.66. The van der Waals surface area contributed by atoms with Crippen LogP contribution in [0.15, 0.2) is 60.0 Å². The first-order valence-electron chi connectivity index (χ1n) is 6.13. The summed E-state index contributed by atoms with van der Waals surface area (Å²) in [6.07, 6.45) is 3.91. The second-order valence-corrected chi connectivity index (χ2v) is 3.95. The summed E-state index contributed by atoms with van der Waals surface area (Å²) < 4.78 is 0. The van der Waals surface area contributed by atoms with E-state index in [-0.39, 0.29) is 5.91 Å². The maximum absolute atomic E-state index is 11.9. The third-order valence-electron chi connectivity index (χ3n) is 2.68. The fourth-order valence-corrected chi connectivity index (χ4v) is 1.66. The van der Waals surface area contributed by atoms with Crippen molar-refractivity contribution in [3.63, 3.8) is 0 Å². The standard InChI is InChI=1S/C15H15N3O/c1-2-14(12-6-4-3-5-7-12)17-18-15(19)13-8-10-16-11-9-13/h3-11H,2H2,1H3,(H,18,19)/b17-14+. The van der Waals surface area contributed by atoms with Crippen LogP contribution < -0.4 is 5.43 Å². The van der Waals surface area contributed by atoms with Crippen molar-refractivity contribution in [2.45, 2.75) is 13.3 Å². The van der Waals surface area contributed by atoms with Crippen LogP contribution in [0.5, 0.6) is 0 Å². The number of nitrogens with zero attached hydrogens (tertiary/aromatic N) is 2. The Hall–Kier alpha value is -2.49. The van der Waals surface area contributed by atoms with Crippen LogP contribution >= 0.6 is 0 Å². The predicted molar refractivity (Wildman–Crippen MR) is 75.0 cm³/mol. The topological polar surface area (TPSA) is 54.4 Å². The molecule has 0 saturated heterocycles. The molecular formula is C15H15N3O. The van der Waals surface area contributed by atoms with Crippen molar-refractivity contribution in [2.24, 2.45) is 5.10 Å². The number of rotatable bonds is 4. The molecule has 1 N–H and O–H groups in total. The van der Waals surface area contributed by atoms with Crippen LogP contribution in [-0.4, -0.2) is 16.6 Å². The summed E-state index contributed by atoms with van der Waals surface area (Å²) in [5.41, 5.74) is 4.98. The minimum absolute atomic E-state index is 0.232. The third kappa shape index (κ3) is 3.48. The van der Waals surface area contributed by atoms with Crippen LogP contribution in [0, 0.1) is 0 Å². The van der Waals surface area contributed by atoms with E-state index in [1.807, 2.05) is 37.3 Å². The SMILES string of the molecule is CC/C(=N\NC(=O)c1ccncc1)c1ccccc1. The first-order chi connectivity index (χ1) is 9.31. The van der Waals surface area contributed by atoms with Gasteiger partial charge in [-0.05, 0) is 24.1 Å². The summed E-state index contributed by atoms with van der Waals surface area (Å²) in [6.45, 7) is 2.00. The highest BCUT2D eigenvalue weighted by Crippen LogP contribution is 2.04. The molecule has 4 heteroatoms. The van der Waals surface area contributed by atoms with Gasteiger partial charge in [0, 0.05) is 18.0 Å². The molecule has 0 unspecified atom stereocenters. The Morgan fingerprint density at radius 3 is 2.42 bits per heavy atom. The second kappa shape index (κ2) is 6.44. The van der Waals surface area contributed by atoms with Crippen molar-refractivity contribution in [1.82, 2.24) is 10.4 Å². The molecule has 0 spiro atoms. The molecular weight excluding hydrogens is 238 g/mol. The van der Waals surface area contributed by atoms with E-state index in [2.05, 4.69) is 15.5 Å². The lowest BCUT2D eigenvalue weighted by Gasteiger charge is -2.05. The molecule has 0 fully saturated rings. The highest BCUT2D eigenvalue weighted by Gasteiger charge is 2.05. The maximum Gasteiger partial charge on any atom is 0.271 e. The molecule has 96 valence electrons. The van der Waals surface area contributed by atoms with E-state index in [1.165, 1.54) is 0 Å². The van der Waals surface area contributed by atoms with Crippen LogP contribution in [0.1, 0.15) is 29.3 Å². The fraction of sp³-hybridized carbons (Fsp3) is 0.133. The van der Waals surface area contributed by atoms with Crippen molar-refractivity contribution >= 4 is 11.6 Å². The summed E-state index contributed by atoms with van der Waals surface area (Å²) in [4.78, 5) is 15.7. The normalized spacial score (nSPS) is 11.1. The minimum Gasteiger partial charge on any atom is -0.267 e. The van der Waals surface area contributed by atoms with Crippen molar-refractivity contribution < 1.29 is 4.79 Å². The Morgan fingerprint density at radius 2 is 1.79 bits per heavy atom. The summed E-state index contributed by atoms with van der Waals surface area (Å²) in [6, 6.07) is 13.1. The maximum atomic E-state index is 11.9. The number of carbonyl (C=O) groups excluding carboxylic acids is 1. The van der Waals surface area contributed by atoms with Gasteiger partial charge in [-0.25, -0.2) is 5.43 Å². The summed E-state index contributed by atoms with van der Waals surface area (Å²) in [5, 5.41) is 4.19. The molecule has 0 aliphatic carbocycles. The van der Waals surface area contributed by atoms with Crippen molar-refractivity contribution in [2.75, 3.05) is 0 Å². The predicted octanol–water partition coefficient (Wildman–Crippen LogP) is 2.63. The zero-order valence-electron chi connectivity index (χ0n) is 10.7. The lowest BCUT2D eigenvalue weighted by molar-refractivity contribution is 0.0954. The molecule has 0 atom stereocenters. The van der Waals surface area contributed by atoms with E-state index in [9.17, 15) is 4.79 Å². The van der Waals surface area contributed by atoms with Crippen LogP contribution in [0.25, 0.3) is 0 Å². The van der Waals surface area contributed by atoms with E-state index in [4.69, 9.17) is 0 Å². The van der Waals surface area contributed by atoms with E-state index < -0.39 is 0 Å². The van der Waals surface area contributed by atoms with Crippen LogP contribution in [0.2, 0.25) is 0 Å². The van der Waals surface area contributed by atoms with Crippen LogP contribution in [0.4, 0.5) is 0 Å². The smallest absolute Gasteiger partial charge is 0.267 e. The molecule has 4 nitrogen and oxygen atoms in total. The van der Waals surface area contributed by atoms with Gasteiger partial charge >= 0.3 is 0 Å². The molecule has 1 heterocycles. The van der Waals surface area contributed by atoms with Crippen LogP contribution in [-0.2, 0) is 0 Å². The van der Waals surface area contributed by atoms with Gasteiger partial charge in [0.1, 0.15) is 0 Å². The zero-order chi connectivity index (χ0) is 13.5. The Morgan fingerprint density at radius 1 is 1.11 bits per heavy atom. The van der Waals surface area contributed by atoms with Gasteiger partial charge in [-0.15, -0.1) is 0 Å². The molecule has 0 saturated carbocycles. The van der Waals surface area contributed by atoms with Crippen LogP contribution in [0.3, 0.4) is 0 Å². The van der Waals surface area contributed by atoms with Gasteiger partial charge in [-0.3, -0.25) is 9.78 Å². The molecule has 2 aromatic rings. The number of benzene rings is 1. The Balaban J connectivity index is 2.11. The number of hydrazone groups is 1. The highest BCUT2D eigenvalue weighted by molar-refractivity contribution is 6.02. The number of hydrogen-bond acceptors (Lipinski definition) is 3. The monoisotopic (exact) mass is 253 g/mol. The van der Waals surface area contributed by atoms with E-state index in [1.54, 1.807) is 24.5 Å². The quantitative estimate of drug-likeness (QED) is 0.672. The van der Waals surface area contributed by atoms with Crippen molar-refractivity contribution in [3.8, 4) is 0 Å². The molecule has 1 aromatic heterocycles.